The van der Waals surface area contributed by atoms with Crippen LogP contribution in [0.5, 0.6) is 0 Å². The molecule has 5 rings (SSSR count). The number of carbonyl (C=O) groups is 1. The number of nitrogens with one attached hydrogen (secondary N) is 2. The van der Waals surface area contributed by atoms with Crippen molar-refractivity contribution >= 4 is 28.4 Å². The highest BCUT2D eigenvalue weighted by Crippen LogP contribution is 2.36. The molecule has 0 unspecified atom stereocenters. The number of ether oxygens (including phenoxy) is 1. The second-order valence-corrected chi connectivity index (χ2v) is 9.51. The zero-order valence-corrected chi connectivity index (χ0v) is 21.8. The van der Waals surface area contributed by atoms with Crippen molar-refractivity contribution in [2.24, 2.45) is 7.05 Å². The van der Waals surface area contributed by atoms with Crippen LogP contribution in [-0.2, 0) is 31.2 Å². The molecule has 5 heterocycles. The van der Waals surface area contributed by atoms with Gasteiger partial charge in [-0.25, -0.2) is 9.97 Å². The van der Waals surface area contributed by atoms with Gasteiger partial charge in [0, 0.05) is 67.8 Å². The third-order valence-electron chi connectivity index (χ3n) is 6.70. The summed E-state index contributed by atoms with van der Waals surface area (Å²) in [5.74, 6) is 0.584. The number of likely N-dealkylation sites (N-methyl/N-ethyl adjacent to an activating group) is 1. The number of fused-ring (bicyclic) bond motifs is 2. The molecule has 9 nitrogen and oxygen atoms in total. The Morgan fingerprint density at radius 2 is 2.03 bits per heavy atom. The fourth-order valence-corrected chi connectivity index (χ4v) is 4.78. The highest BCUT2D eigenvalue weighted by Gasteiger charge is 2.28. The molecular weight excluding hydrogens is 466 g/mol. The Balaban J connectivity index is 1.49. The molecule has 0 fully saturated rings. The van der Waals surface area contributed by atoms with Crippen molar-refractivity contribution in [2.75, 3.05) is 39.2 Å². The Kier molecular flexibility index (Phi) is 7.16. The van der Waals surface area contributed by atoms with E-state index in [1.807, 2.05) is 42.9 Å². The summed E-state index contributed by atoms with van der Waals surface area (Å²) in [7, 11) is 6.09. The summed E-state index contributed by atoms with van der Waals surface area (Å²) >= 11 is 0. The first-order valence-electron chi connectivity index (χ1n) is 12.6. The molecule has 1 aliphatic rings. The maximum Gasteiger partial charge on any atom is 0.254 e. The Hall–Kier alpha value is -3.82. The number of aromatic nitrogens is 4. The Morgan fingerprint density at radius 1 is 1.16 bits per heavy atom. The van der Waals surface area contributed by atoms with Gasteiger partial charge < -0.3 is 24.8 Å². The van der Waals surface area contributed by atoms with Gasteiger partial charge in [0.2, 0.25) is 0 Å². The van der Waals surface area contributed by atoms with Crippen LogP contribution < -0.4 is 10.6 Å². The summed E-state index contributed by atoms with van der Waals surface area (Å²) < 4.78 is 7.55. The largest absolute Gasteiger partial charge is 0.381 e. The van der Waals surface area contributed by atoms with Gasteiger partial charge in [-0.05, 0) is 51.2 Å². The maximum atomic E-state index is 12.9. The van der Waals surface area contributed by atoms with Gasteiger partial charge >= 0.3 is 0 Å². The van der Waals surface area contributed by atoms with Crippen molar-refractivity contribution in [3.05, 3.63) is 65.2 Å². The van der Waals surface area contributed by atoms with E-state index in [2.05, 4.69) is 40.7 Å². The molecule has 0 saturated heterocycles. The number of rotatable bonds is 10. The molecule has 0 bridgehead atoms. The van der Waals surface area contributed by atoms with Crippen molar-refractivity contribution in [1.29, 1.82) is 0 Å². The summed E-state index contributed by atoms with van der Waals surface area (Å²) in [6.45, 7) is 4.70. The lowest BCUT2D eigenvalue weighted by molar-refractivity contribution is 0.0966. The molecule has 4 aromatic heterocycles. The van der Waals surface area contributed by atoms with E-state index < -0.39 is 0 Å². The SMILES string of the molecule is CCOCCc1ccc(Nc2cnc(-c3ccnc4c3ccn4C)c3c2C(=O)NC3)nc1CCN(C)C. The maximum absolute atomic E-state index is 12.9. The summed E-state index contributed by atoms with van der Waals surface area (Å²) in [4.78, 5) is 29.3. The number of hydrogen-bond acceptors (Lipinski definition) is 7. The molecule has 4 aromatic rings. The number of pyridine rings is 3. The van der Waals surface area contributed by atoms with Gasteiger partial charge in [-0.3, -0.25) is 9.78 Å². The van der Waals surface area contributed by atoms with E-state index in [1.54, 1.807) is 12.4 Å². The monoisotopic (exact) mass is 499 g/mol. The predicted molar refractivity (Wildman–Crippen MR) is 145 cm³/mol. The number of amides is 1. The van der Waals surface area contributed by atoms with E-state index in [9.17, 15) is 4.79 Å². The fraction of sp³-hybridized carbons (Fsp3) is 0.357. The van der Waals surface area contributed by atoms with E-state index in [-0.39, 0.29) is 5.91 Å². The first-order chi connectivity index (χ1) is 18.0. The van der Waals surface area contributed by atoms with Gasteiger partial charge in [-0.15, -0.1) is 0 Å². The van der Waals surface area contributed by atoms with Crippen LogP contribution in [0.25, 0.3) is 22.3 Å². The third-order valence-corrected chi connectivity index (χ3v) is 6.70. The van der Waals surface area contributed by atoms with Crippen molar-refractivity contribution in [1.82, 2.24) is 29.7 Å². The highest BCUT2D eigenvalue weighted by atomic mass is 16.5. The average molecular weight is 500 g/mol. The minimum absolute atomic E-state index is 0.110. The standard InChI is InChI=1S/C28H33N7O2/c1-5-37-15-11-18-6-7-24(32-22(18)10-13-34(2)3)33-23-17-30-26(21-16-31-28(36)25(21)23)19-8-12-29-27-20(19)9-14-35(27)4/h6-9,12,14,17H,5,10-11,13,15-16H2,1-4H3,(H,31,36)(H,32,33). The lowest BCUT2D eigenvalue weighted by atomic mass is 10.0. The van der Waals surface area contributed by atoms with Crippen LogP contribution >= 0.6 is 0 Å². The molecule has 0 saturated carbocycles. The molecule has 0 spiro atoms. The lowest BCUT2D eigenvalue weighted by Gasteiger charge is -2.16. The second kappa shape index (κ2) is 10.7. The molecule has 192 valence electrons. The highest BCUT2D eigenvalue weighted by molar-refractivity contribution is 6.06. The van der Waals surface area contributed by atoms with Crippen molar-refractivity contribution in [3.8, 4) is 11.3 Å². The van der Waals surface area contributed by atoms with Gasteiger partial charge in [-0.1, -0.05) is 6.07 Å². The van der Waals surface area contributed by atoms with Gasteiger partial charge in [0.05, 0.1) is 29.7 Å². The van der Waals surface area contributed by atoms with Crippen molar-refractivity contribution in [2.45, 2.75) is 26.3 Å². The second-order valence-electron chi connectivity index (χ2n) is 9.51. The van der Waals surface area contributed by atoms with E-state index >= 15 is 0 Å². The molecule has 1 aliphatic heterocycles. The Morgan fingerprint density at radius 3 is 2.84 bits per heavy atom. The Labute approximate surface area is 216 Å². The van der Waals surface area contributed by atoms with E-state index in [1.165, 1.54) is 5.56 Å². The smallest absolute Gasteiger partial charge is 0.254 e. The number of nitrogens with zero attached hydrogens (tertiary/aromatic N) is 5. The quantitative estimate of drug-likeness (QED) is 0.321. The zero-order valence-electron chi connectivity index (χ0n) is 21.8. The first kappa shape index (κ1) is 24.9. The lowest BCUT2D eigenvalue weighted by Crippen LogP contribution is -2.17. The average Bonchev–Trinajstić information content (AvgIpc) is 3.47. The van der Waals surface area contributed by atoms with Crippen LogP contribution in [0, 0.1) is 0 Å². The molecule has 0 radical (unpaired) electrons. The van der Waals surface area contributed by atoms with E-state index in [0.717, 1.165) is 52.9 Å². The molecular formula is C28H33N7O2. The van der Waals surface area contributed by atoms with Crippen LogP contribution in [0.4, 0.5) is 11.5 Å². The van der Waals surface area contributed by atoms with Gasteiger partial charge in [0.15, 0.2) is 0 Å². The molecule has 0 aromatic carbocycles. The number of anilines is 2. The minimum atomic E-state index is -0.110. The van der Waals surface area contributed by atoms with Crippen molar-refractivity contribution < 1.29 is 9.53 Å². The van der Waals surface area contributed by atoms with Crippen LogP contribution in [0.3, 0.4) is 0 Å². The van der Waals surface area contributed by atoms with Crippen LogP contribution in [0.15, 0.2) is 42.9 Å². The number of aryl methyl sites for hydroxylation is 1. The minimum Gasteiger partial charge on any atom is -0.381 e. The zero-order chi connectivity index (χ0) is 25.9. The van der Waals surface area contributed by atoms with Crippen LogP contribution in [0.2, 0.25) is 0 Å². The number of hydrogen-bond donors (Lipinski definition) is 2. The van der Waals surface area contributed by atoms with Gasteiger partial charge in [-0.2, -0.15) is 0 Å². The molecule has 1 amide bonds. The van der Waals surface area contributed by atoms with E-state index in [0.29, 0.717) is 36.8 Å². The molecule has 9 heteroatoms. The third kappa shape index (κ3) is 5.05. The molecule has 2 N–H and O–H groups in total. The van der Waals surface area contributed by atoms with Crippen LogP contribution in [0.1, 0.15) is 34.1 Å². The summed E-state index contributed by atoms with van der Waals surface area (Å²) in [6.07, 6.45) is 7.15. The fourth-order valence-electron chi connectivity index (χ4n) is 4.78. The molecule has 0 atom stereocenters. The Bertz CT molecular complexity index is 1440. The van der Waals surface area contributed by atoms with Crippen LogP contribution in [-0.4, -0.2) is 64.2 Å². The molecule has 37 heavy (non-hydrogen) atoms. The first-order valence-corrected chi connectivity index (χ1v) is 12.6. The summed E-state index contributed by atoms with van der Waals surface area (Å²) in [5, 5.41) is 7.37. The van der Waals surface area contributed by atoms with E-state index in [4.69, 9.17) is 14.7 Å². The molecule has 0 aliphatic carbocycles. The van der Waals surface area contributed by atoms with Crippen molar-refractivity contribution in [3.63, 3.8) is 0 Å². The van der Waals surface area contributed by atoms with Gasteiger partial charge in [0.1, 0.15) is 11.5 Å². The van der Waals surface area contributed by atoms with Gasteiger partial charge in [0.25, 0.3) is 5.91 Å². The summed E-state index contributed by atoms with van der Waals surface area (Å²) in [6, 6.07) is 8.06. The number of carbonyl (C=O) groups excluding carboxylic acids is 1. The predicted octanol–water partition coefficient (Wildman–Crippen LogP) is 3.70. The topological polar surface area (TPSA) is 97.2 Å². The summed E-state index contributed by atoms with van der Waals surface area (Å²) in [5.41, 5.74) is 7.01. The normalized spacial score (nSPS) is 12.8.